The number of halogens is 1. The summed E-state index contributed by atoms with van der Waals surface area (Å²) in [6, 6.07) is 2.94. The molecule has 0 spiro atoms. The van der Waals surface area contributed by atoms with E-state index in [0.29, 0.717) is 29.6 Å². The number of amides is 1. The number of carbonyl (C=O) groups excluding carboxylic acids is 1. The van der Waals surface area contributed by atoms with Crippen LogP contribution >= 0.6 is 0 Å². The van der Waals surface area contributed by atoms with Crippen LogP contribution in [0.25, 0.3) is 0 Å². The van der Waals surface area contributed by atoms with Crippen molar-refractivity contribution in [2.24, 2.45) is 11.7 Å². The molecular weight excluding hydrogens is 239 g/mol. The van der Waals surface area contributed by atoms with Crippen molar-refractivity contribution >= 4 is 12.1 Å². The third-order valence-electron chi connectivity index (χ3n) is 2.31. The first kappa shape index (κ1) is 16.3. The fourth-order valence-electron chi connectivity index (χ4n) is 1.54. The number of carbonyl (C=O) groups is 1. The topological polar surface area (TPSA) is 105 Å². The van der Waals surface area contributed by atoms with E-state index in [1.54, 1.807) is 18.5 Å². The molecule has 0 aliphatic rings. The molecule has 18 heavy (non-hydrogen) atoms. The van der Waals surface area contributed by atoms with E-state index in [2.05, 4.69) is 5.84 Å². The third kappa shape index (κ3) is 4.28. The van der Waals surface area contributed by atoms with Gasteiger partial charge in [-0.2, -0.15) is 0 Å². The van der Waals surface area contributed by atoms with Gasteiger partial charge in [0.25, 0.3) is 0 Å². The predicted molar refractivity (Wildman–Crippen MR) is 67.7 cm³/mol. The third-order valence-corrected chi connectivity index (χ3v) is 2.31. The first-order chi connectivity index (χ1) is 8.53. The number of nitrogens with zero attached hydrogens (tertiary/aromatic N) is 1. The first-order valence-corrected chi connectivity index (χ1v) is 5.32. The summed E-state index contributed by atoms with van der Waals surface area (Å²) in [5.74, 6) is 9.68. The zero-order chi connectivity index (χ0) is 14.1. The maximum absolute atomic E-state index is 13.3. The first-order valence-electron chi connectivity index (χ1n) is 5.32. The summed E-state index contributed by atoms with van der Waals surface area (Å²) in [6.07, 6.45) is 0.948. The van der Waals surface area contributed by atoms with Gasteiger partial charge in [0.15, 0.2) is 0 Å². The Labute approximate surface area is 105 Å². The van der Waals surface area contributed by atoms with E-state index >= 15 is 0 Å². The maximum atomic E-state index is 13.3. The monoisotopic (exact) mass is 258 g/mol. The molecule has 0 saturated heterocycles. The van der Waals surface area contributed by atoms with Gasteiger partial charge in [-0.3, -0.25) is 10.2 Å². The number of aliphatic hydroxyl groups excluding tert-OH is 1. The average molecular weight is 258 g/mol. The second-order valence-corrected chi connectivity index (χ2v) is 3.43. The Morgan fingerprint density at radius 2 is 2.06 bits per heavy atom. The van der Waals surface area contributed by atoms with Gasteiger partial charge in [-0.15, -0.1) is 0 Å². The van der Waals surface area contributed by atoms with Crippen LogP contribution in [0.4, 0.5) is 10.1 Å². The zero-order valence-corrected chi connectivity index (χ0v) is 10.5. The highest BCUT2D eigenvalue weighted by atomic mass is 19.1. The number of aliphatic hydroxyl groups is 1. The van der Waals surface area contributed by atoms with Crippen molar-refractivity contribution in [2.75, 3.05) is 12.1 Å². The molecule has 1 rings (SSSR count). The van der Waals surface area contributed by atoms with Crippen LogP contribution in [0.5, 0.6) is 0 Å². The standard InChI is InChI=1S/C10H15FN2O.CH4N2O/c1-3-7-8(6-14)10(13(2)12)5-4-9(7)11;2-3-1-4/h4-5,14H,3,6,12H2,1-2H3;1H,2H2,(H,3,4). The van der Waals surface area contributed by atoms with Crippen LogP contribution in [0.15, 0.2) is 12.1 Å². The number of anilines is 1. The molecule has 0 atom stereocenters. The van der Waals surface area contributed by atoms with Crippen molar-refractivity contribution in [1.29, 1.82) is 0 Å². The van der Waals surface area contributed by atoms with E-state index in [1.807, 2.05) is 6.92 Å². The molecule has 0 unspecified atom stereocenters. The highest BCUT2D eigenvalue weighted by Crippen LogP contribution is 2.24. The number of rotatable bonds is 4. The summed E-state index contributed by atoms with van der Waals surface area (Å²) in [5, 5.41) is 10.5. The van der Waals surface area contributed by atoms with Crippen LogP contribution in [-0.2, 0) is 17.8 Å². The molecule has 7 heteroatoms. The fourth-order valence-corrected chi connectivity index (χ4v) is 1.54. The Bertz CT molecular complexity index is 386. The summed E-state index contributed by atoms with van der Waals surface area (Å²) in [5.41, 5.74) is 3.51. The number of nitrogens with one attached hydrogen (secondary N) is 1. The molecule has 6 N–H and O–H groups in total. The molecular formula is C11H19FN4O2. The minimum absolute atomic E-state index is 0.197. The smallest absolute Gasteiger partial charge is 0.221 e. The quantitative estimate of drug-likeness (QED) is 0.259. The lowest BCUT2D eigenvalue weighted by Crippen LogP contribution is -2.26. The molecule has 1 aromatic rings. The summed E-state index contributed by atoms with van der Waals surface area (Å²) >= 11 is 0. The Morgan fingerprint density at radius 3 is 2.39 bits per heavy atom. The highest BCUT2D eigenvalue weighted by Gasteiger charge is 2.12. The zero-order valence-electron chi connectivity index (χ0n) is 10.5. The van der Waals surface area contributed by atoms with Gasteiger partial charge in [-0.25, -0.2) is 16.1 Å². The van der Waals surface area contributed by atoms with Gasteiger partial charge in [0.1, 0.15) is 5.82 Å². The molecule has 0 bridgehead atoms. The highest BCUT2D eigenvalue weighted by molar-refractivity contribution is 5.55. The second kappa shape index (κ2) is 8.40. The van der Waals surface area contributed by atoms with Gasteiger partial charge in [0, 0.05) is 12.6 Å². The predicted octanol–water partition coefficient (Wildman–Crippen LogP) is -0.204. The number of hydrazine groups is 2. The molecule has 0 heterocycles. The van der Waals surface area contributed by atoms with E-state index in [9.17, 15) is 4.39 Å². The van der Waals surface area contributed by atoms with Crippen molar-refractivity contribution < 1.29 is 14.3 Å². The Kier molecular flexibility index (Phi) is 7.61. The van der Waals surface area contributed by atoms with Crippen LogP contribution in [0, 0.1) is 5.82 Å². The normalized spacial score (nSPS) is 9.22. The van der Waals surface area contributed by atoms with Gasteiger partial charge < -0.3 is 10.1 Å². The van der Waals surface area contributed by atoms with E-state index in [0.717, 1.165) is 0 Å². The Balaban J connectivity index is 0.000000631. The summed E-state index contributed by atoms with van der Waals surface area (Å²) in [6.45, 7) is 1.65. The molecule has 0 aliphatic carbocycles. The van der Waals surface area contributed by atoms with Gasteiger partial charge in [-0.1, -0.05) is 6.92 Å². The average Bonchev–Trinajstić information content (AvgIpc) is 2.37. The molecule has 0 radical (unpaired) electrons. The van der Waals surface area contributed by atoms with Crippen LogP contribution in [0.1, 0.15) is 18.1 Å². The van der Waals surface area contributed by atoms with Crippen LogP contribution in [0.2, 0.25) is 0 Å². The van der Waals surface area contributed by atoms with Crippen LogP contribution in [-0.4, -0.2) is 18.6 Å². The number of nitrogens with two attached hydrogens (primary N) is 2. The van der Waals surface area contributed by atoms with Crippen LogP contribution in [0.3, 0.4) is 0 Å². The van der Waals surface area contributed by atoms with Gasteiger partial charge in [0.05, 0.1) is 12.3 Å². The number of benzene rings is 1. The number of hydrogen-bond acceptors (Lipinski definition) is 5. The Hall–Kier alpha value is -1.70. The second-order valence-electron chi connectivity index (χ2n) is 3.43. The van der Waals surface area contributed by atoms with Gasteiger partial charge in [0.2, 0.25) is 6.41 Å². The van der Waals surface area contributed by atoms with Crippen molar-refractivity contribution in [3.8, 4) is 0 Å². The summed E-state index contributed by atoms with van der Waals surface area (Å²) < 4.78 is 13.3. The number of hydrogen-bond donors (Lipinski definition) is 4. The minimum Gasteiger partial charge on any atom is -0.392 e. The van der Waals surface area contributed by atoms with Crippen molar-refractivity contribution in [1.82, 2.24) is 5.43 Å². The molecule has 1 aromatic carbocycles. The van der Waals surface area contributed by atoms with Crippen LogP contribution < -0.4 is 22.1 Å². The van der Waals surface area contributed by atoms with Gasteiger partial charge >= 0.3 is 0 Å². The van der Waals surface area contributed by atoms with Gasteiger partial charge in [-0.05, 0) is 24.1 Å². The fraction of sp³-hybridized carbons (Fsp3) is 0.364. The molecule has 0 fully saturated rings. The Morgan fingerprint density at radius 1 is 1.50 bits per heavy atom. The maximum Gasteiger partial charge on any atom is 0.221 e. The summed E-state index contributed by atoms with van der Waals surface area (Å²) in [7, 11) is 1.66. The van der Waals surface area contributed by atoms with E-state index in [1.165, 1.54) is 11.1 Å². The lowest BCUT2D eigenvalue weighted by molar-refractivity contribution is -0.109. The molecule has 0 saturated carbocycles. The SMILES string of the molecule is CCc1c(F)ccc(N(C)N)c1CO.NNC=O. The minimum atomic E-state index is -0.290. The van der Waals surface area contributed by atoms with Crippen molar-refractivity contribution in [2.45, 2.75) is 20.0 Å². The van der Waals surface area contributed by atoms with E-state index in [4.69, 9.17) is 15.7 Å². The molecule has 0 aromatic heterocycles. The molecule has 6 nitrogen and oxygen atoms in total. The largest absolute Gasteiger partial charge is 0.392 e. The van der Waals surface area contributed by atoms with Crippen molar-refractivity contribution in [3.63, 3.8) is 0 Å². The molecule has 1 amide bonds. The van der Waals surface area contributed by atoms with E-state index in [-0.39, 0.29) is 12.4 Å². The molecule has 0 aliphatic heterocycles. The summed E-state index contributed by atoms with van der Waals surface area (Å²) in [4.78, 5) is 8.94. The van der Waals surface area contributed by atoms with Crippen molar-refractivity contribution in [3.05, 3.63) is 29.1 Å². The lowest BCUT2D eigenvalue weighted by atomic mass is 10.0. The molecule has 102 valence electrons. The van der Waals surface area contributed by atoms with E-state index < -0.39 is 0 Å². The lowest BCUT2D eigenvalue weighted by Gasteiger charge is -2.18.